The van der Waals surface area contributed by atoms with Gasteiger partial charge < -0.3 is 15.3 Å². The van der Waals surface area contributed by atoms with Crippen molar-refractivity contribution < 1.29 is 20.1 Å². The number of halogens is 3. The van der Waals surface area contributed by atoms with Gasteiger partial charge in [0.25, 0.3) is 0 Å². The molecule has 2 rings (SSSR count). The van der Waals surface area contributed by atoms with Crippen LogP contribution in [0.2, 0.25) is 15.2 Å². The van der Waals surface area contributed by atoms with Gasteiger partial charge in [-0.05, 0) is 6.92 Å². The van der Waals surface area contributed by atoms with Gasteiger partial charge in [-0.1, -0.05) is 34.8 Å². The Morgan fingerprint density at radius 2 is 2.04 bits per heavy atom. The SMILES string of the molecule is Cc1ncc(CO)c(/C=N\Nc2c(Cl)c(Cl)nc(C(=O)O)c2Cl)c1O. The minimum Gasteiger partial charge on any atom is -0.505 e. The summed E-state index contributed by atoms with van der Waals surface area (Å²) in [6.07, 6.45) is 2.60. The van der Waals surface area contributed by atoms with Gasteiger partial charge in [0, 0.05) is 17.3 Å². The third-order valence-electron chi connectivity index (χ3n) is 3.14. The molecule has 0 unspecified atom stereocenters. The number of carboxylic acids is 1. The van der Waals surface area contributed by atoms with E-state index in [9.17, 15) is 15.0 Å². The molecule has 0 saturated heterocycles. The van der Waals surface area contributed by atoms with Crippen LogP contribution in [0.4, 0.5) is 5.69 Å². The van der Waals surface area contributed by atoms with Crippen LogP contribution in [0.15, 0.2) is 11.3 Å². The van der Waals surface area contributed by atoms with Crippen LogP contribution in [-0.2, 0) is 6.61 Å². The van der Waals surface area contributed by atoms with Crippen molar-refractivity contribution in [2.75, 3.05) is 5.43 Å². The predicted molar refractivity (Wildman–Crippen MR) is 94.0 cm³/mol. The highest BCUT2D eigenvalue weighted by Gasteiger charge is 2.20. The molecule has 132 valence electrons. The maximum Gasteiger partial charge on any atom is 0.356 e. The summed E-state index contributed by atoms with van der Waals surface area (Å²) in [5.74, 6) is -1.55. The number of aryl methyl sites for hydroxylation is 1. The number of aromatic nitrogens is 2. The first-order valence-corrected chi connectivity index (χ1v) is 7.76. The molecule has 8 nitrogen and oxygen atoms in total. The van der Waals surface area contributed by atoms with Crippen molar-refractivity contribution >= 4 is 52.7 Å². The molecule has 2 aromatic rings. The van der Waals surface area contributed by atoms with Crippen molar-refractivity contribution in [1.29, 1.82) is 0 Å². The number of aliphatic hydroxyl groups excluding tert-OH is 1. The van der Waals surface area contributed by atoms with Crippen LogP contribution < -0.4 is 5.43 Å². The molecule has 0 saturated carbocycles. The van der Waals surface area contributed by atoms with E-state index in [4.69, 9.17) is 39.9 Å². The minimum atomic E-state index is -1.39. The first kappa shape index (κ1) is 19.2. The van der Waals surface area contributed by atoms with Gasteiger partial charge >= 0.3 is 5.97 Å². The number of aromatic hydroxyl groups is 1. The normalized spacial score (nSPS) is 11.1. The number of aliphatic hydroxyl groups is 1. The Bertz CT molecular complexity index is 874. The van der Waals surface area contributed by atoms with E-state index >= 15 is 0 Å². The molecule has 0 amide bonds. The van der Waals surface area contributed by atoms with Crippen LogP contribution in [0.1, 0.15) is 27.3 Å². The highest BCUT2D eigenvalue weighted by Crippen LogP contribution is 2.36. The van der Waals surface area contributed by atoms with Crippen LogP contribution in [0.5, 0.6) is 5.75 Å². The summed E-state index contributed by atoms with van der Waals surface area (Å²) in [5, 5.41) is 31.6. The quantitative estimate of drug-likeness (QED) is 0.342. The fourth-order valence-electron chi connectivity index (χ4n) is 1.84. The van der Waals surface area contributed by atoms with Gasteiger partial charge in [-0.25, -0.2) is 9.78 Å². The first-order chi connectivity index (χ1) is 11.8. The van der Waals surface area contributed by atoms with E-state index in [1.54, 1.807) is 6.92 Å². The number of hydrogen-bond acceptors (Lipinski definition) is 7. The van der Waals surface area contributed by atoms with Crippen molar-refractivity contribution in [2.45, 2.75) is 13.5 Å². The number of pyridine rings is 2. The largest absolute Gasteiger partial charge is 0.505 e. The number of hydrogen-bond donors (Lipinski definition) is 4. The monoisotopic (exact) mass is 404 g/mol. The Morgan fingerprint density at radius 3 is 2.64 bits per heavy atom. The van der Waals surface area contributed by atoms with E-state index in [0.29, 0.717) is 11.3 Å². The highest BCUT2D eigenvalue weighted by molar-refractivity contribution is 6.46. The van der Waals surface area contributed by atoms with Gasteiger partial charge in [-0.2, -0.15) is 5.10 Å². The van der Waals surface area contributed by atoms with Gasteiger partial charge in [0.1, 0.15) is 15.8 Å². The molecule has 4 N–H and O–H groups in total. The Hall–Kier alpha value is -2.13. The van der Waals surface area contributed by atoms with Crippen molar-refractivity contribution in [2.24, 2.45) is 5.10 Å². The molecule has 0 bridgehead atoms. The van der Waals surface area contributed by atoms with E-state index in [1.165, 1.54) is 12.4 Å². The topological polar surface area (TPSA) is 128 Å². The second-order valence-corrected chi connectivity index (χ2v) is 5.83. The maximum atomic E-state index is 11.1. The predicted octanol–water partition coefficient (Wildman–Crippen LogP) is 3.09. The van der Waals surface area contributed by atoms with E-state index < -0.39 is 11.7 Å². The van der Waals surface area contributed by atoms with Gasteiger partial charge in [0.05, 0.1) is 24.2 Å². The molecule has 0 atom stereocenters. The number of carbonyl (C=O) groups is 1. The average molecular weight is 406 g/mol. The molecule has 0 spiro atoms. The molecule has 0 aliphatic rings. The molecule has 0 aromatic carbocycles. The Morgan fingerprint density at radius 1 is 1.36 bits per heavy atom. The van der Waals surface area contributed by atoms with Crippen molar-refractivity contribution in [3.8, 4) is 5.75 Å². The summed E-state index contributed by atoms with van der Waals surface area (Å²) in [5.41, 5.74) is 2.82. The number of anilines is 1. The van der Waals surface area contributed by atoms with Crippen LogP contribution in [-0.4, -0.2) is 37.5 Å². The summed E-state index contributed by atoms with van der Waals surface area (Å²) < 4.78 is 0. The molecule has 25 heavy (non-hydrogen) atoms. The lowest BCUT2D eigenvalue weighted by Crippen LogP contribution is -2.05. The lowest BCUT2D eigenvalue weighted by molar-refractivity contribution is 0.0691. The third kappa shape index (κ3) is 3.93. The zero-order valence-corrected chi connectivity index (χ0v) is 14.9. The van der Waals surface area contributed by atoms with E-state index in [2.05, 4.69) is 20.5 Å². The van der Waals surface area contributed by atoms with Crippen LogP contribution >= 0.6 is 34.8 Å². The number of hydrazone groups is 1. The van der Waals surface area contributed by atoms with Gasteiger partial charge in [0.2, 0.25) is 0 Å². The number of nitrogens with one attached hydrogen (secondary N) is 1. The highest BCUT2D eigenvalue weighted by atomic mass is 35.5. The fraction of sp³-hybridized carbons (Fsp3) is 0.143. The molecule has 2 aromatic heterocycles. The van der Waals surface area contributed by atoms with Crippen molar-refractivity contribution in [3.05, 3.63) is 43.9 Å². The number of aromatic carboxylic acids is 1. The van der Waals surface area contributed by atoms with Crippen LogP contribution in [0.25, 0.3) is 0 Å². The fourth-order valence-corrected chi connectivity index (χ4v) is 2.50. The summed E-state index contributed by atoms with van der Waals surface area (Å²) in [6, 6.07) is 0. The Labute approximate surface area is 156 Å². The zero-order valence-electron chi connectivity index (χ0n) is 12.6. The first-order valence-electron chi connectivity index (χ1n) is 6.63. The Balaban J connectivity index is 2.42. The molecule has 11 heteroatoms. The van der Waals surface area contributed by atoms with E-state index in [-0.39, 0.29) is 38.8 Å². The molecule has 0 aliphatic carbocycles. The number of carboxylic acid groups (broad SMARTS) is 1. The Kier molecular flexibility index (Phi) is 6.02. The average Bonchev–Trinajstić information content (AvgIpc) is 2.57. The third-order valence-corrected chi connectivity index (χ3v) is 4.24. The minimum absolute atomic E-state index is 0.0622. The van der Waals surface area contributed by atoms with E-state index in [0.717, 1.165) is 0 Å². The number of nitrogens with zero attached hydrogens (tertiary/aromatic N) is 3. The molecule has 0 fully saturated rings. The standard InChI is InChI=1S/C14H11Cl3N4O4/c1-5-12(23)7(6(4-22)2-18-5)3-19-21-10-8(15)11(14(24)25)20-13(17)9(10)16/h2-3,22-23H,4H2,1H3,(H,20,21)(H,24,25)/b19-3-. The molecular formula is C14H11Cl3N4O4. The summed E-state index contributed by atoms with van der Waals surface area (Å²) in [7, 11) is 0. The van der Waals surface area contributed by atoms with Crippen LogP contribution in [0.3, 0.4) is 0 Å². The molecule has 2 heterocycles. The van der Waals surface area contributed by atoms with Gasteiger partial charge in [-0.3, -0.25) is 10.4 Å². The zero-order chi connectivity index (χ0) is 18.7. The van der Waals surface area contributed by atoms with Crippen molar-refractivity contribution in [1.82, 2.24) is 9.97 Å². The second kappa shape index (κ2) is 7.83. The molecule has 0 aliphatic heterocycles. The second-order valence-electron chi connectivity index (χ2n) is 4.72. The summed E-state index contributed by atoms with van der Waals surface area (Å²) in [4.78, 5) is 18.6. The van der Waals surface area contributed by atoms with Crippen LogP contribution in [0, 0.1) is 6.92 Å². The summed E-state index contributed by atoms with van der Waals surface area (Å²) >= 11 is 17.7. The molecular weight excluding hydrogens is 395 g/mol. The van der Waals surface area contributed by atoms with Gasteiger partial charge in [0.15, 0.2) is 10.8 Å². The number of rotatable bonds is 5. The lowest BCUT2D eigenvalue weighted by Gasteiger charge is -2.10. The lowest BCUT2D eigenvalue weighted by atomic mass is 10.1. The summed E-state index contributed by atoms with van der Waals surface area (Å²) in [6.45, 7) is 1.21. The molecule has 0 radical (unpaired) electrons. The smallest absolute Gasteiger partial charge is 0.356 e. The van der Waals surface area contributed by atoms with Crippen molar-refractivity contribution in [3.63, 3.8) is 0 Å². The maximum absolute atomic E-state index is 11.1. The van der Waals surface area contributed by atoms with Gasteiger partial charge in [-0.15, -0.1) is 0 Å². The van der Waals surface area contributed by atoms with E-state index in [1.807, 2.05) is 0 Å².